The van der Waals surface area contributed by atoms with E-state index in [0.29, 0.717) is 0 Å². The van der Waals surface area contributed by atoms with Crippen LogP contribution in [0.3, 0.4) is 0 Å². The molecule has 2 N–H and O–H groups in total. The van der Waals surface area contributed by atoms with Crippen molar-refractivity contribution in [1.29, 1.82) is 0 Å². The first-order valence-electron chi connectivity index (χ1n) is 4.17. The molecule has 1 rings (SSSR count). The number of aliphatic hydroxyl groups is 2. The normalized spacial score (nSPS) is 27.4. The summed E-state index contributed by atoms with van der Waals surface area (Å²) in [4.78, 5) is 32.2. The van der Waals surface area contributed by atoms with Crippen LogP contribution in [0.4, 0.5) is 0 Å². The molecule has 1 fully saturated rings. The van der Waals surface area contributed by atoms with E-state index in [1.165, 1.54) is 0 Å². The average Bonchev–Trinajstić information content (AvgIpc) is 2.42. The first-order valence-corrected chi connectivity index (χ1v) is 4.17. The predicted molar refractivity (Wildman–Crippen MR) is 43.5 cm³/mol. The van der Waals surface area contributed by atoms with Crippen molar-refractivity contribution in [3.63, 3.8) is 0 Å². The van der Waals surface area contributed by atoms with Crippen molar-refractivity contribution < 1.29 is 34.1 Å². The molecule has 1 aliphatic heterocycles. The van der Waals surface area contributed by atoms with Crippen LogP contribution in [0.1, 0.15) is 6.92 Å². The second-order valence-corrected chi connectivity index (χ2v) is 3.03. The summed E-state index contributed by atoms with van der Waals surface area (Å²) >= 11 is 0. The fraction of sp³-hybridized carbons (Fsp3) is 0.625. The lowest BCUT2D eigenvalue weighted by atomic mass is 10.1. The highest BCUT2D eigenvalue weighted by Gasteiger charge is 2.46. The Hall–Kier alpha value is -1.47. The van der Waals surface area contributed by atoms with E-state index in [-0.39, 0.29) is 0 Å². The third-order valence-corrected chi connectivity index (χ3v) is 1.82. The van der Waals surface area contributed by atoms with Crippen LogP contribution in [-0.4, -0.2) is 52.9 Å². The van der Waals surface area contributed by atoms with Gasteiger partial charge >= 0.3 is 11.9 Å². The minimum atomic E-state index is -1.86. The number of hydrogen-bond acceptors (Lipinski definition) is 7. The number of ketones is 1. The highest BCUT2D eigenvalue weighted by molar-refractivity contribution is 6.09. The van der Waals surface area contributed by atoms with Gasteiger partial charge in [-0.1, -0.05) is 0 Å². The SMILES string of the molecule is CC(=O)OCC(O)C1OC(=O)C(O)C1=O. The lowest BCUT2D eigenvalue weighted by Crippen LogP contribution is -2.37. The Labute approximate surface area is 84.6 Å². The van der Waals surface area contributed by atoms with Crippen LogP contribution in [0.5, 0.6) is 0 Å². The van der Waals surface area contributed by atoms with E-state index in [2.05, 4.69) is 9.47 Å². The second kappa shape index (κ2) is 4.37. The molecule has 1 aliphatic rings. The smallest absolute Gasteiger partial charge is 0.343 e. The molecule has 0 aliphatic carbocycles. The maximum atomic E-state index is 11.1. The fourth-order valence-corrected chi connectivity index (χ4v) is 1.08. The van der Waals surface area contributed by atoms with Crippen LogP contribution in [0, 0.1) is 0 Å². The summed E-state index contributed by atoms with van der Waals surface area (Å²) in [7, 11) is 0. The van der Waals surface area contributed by atoms with Crippen molar-refractivity contribution in [3.05, 3.63) is 0 Å². The van der Waals surface area contributed by atoms with Crippen molar-refractivity contribution in [2.75, 3.05) is 6.61 Å². The van der Waals surface area contributed by atoms with Gasteiger partial charge in [-0.25, -0.2) is 4.79 Å². The van der Waals surface area contributed by atoms with E-state index in [4.69, 9.17) is 5.11 Å². The van der Waals surface area contributed by atoms with Crippen molar-refractivity contribution in [1.82, 2.24) is 0 Å². The maximum absolute atomic E-state index is 11.1. The Kier molecular flexibility index (Phi) is 3.38. The molecule has 1 heterocycles. The molecule has 3 unspecified atom stereocenters. The zero-order valence-electron chi connectivity index (χ0n) is 7.87. The zero-order valence-corrected chi connectivity index (χ0v) is 7.87. The summed E-state index contributed by atoms with van der Waals surface area (Å²) in [6.45, 7) is 0.662. The highest BCUT2D eigenvalue weighted by atomic mass is 16.6. The van der Waals surface area contributed by atoms with Crippen molar-refractivity contribution in [2.45, 2.75) is 25.2 Å². The van der Waals surface area contributed by atoms with Gasteiger partial charge in [0, 0.05) is 6.92 Å². The molecule has 0 amide bonds. The molecule has 84 valence electrons. The molecule has 0 saturated carbocycles. The quantitative estimate of drug-likeness (QED) is 0.407. The minimum absolute atomic E-state index is 0.467. The van der Waals surface area contributed by atoms with Crippen molar-refractivity contribution >= 4 is 17.7 Å². The fourth-order valence-electron chi connectivity index (χ4n) is 1.08. The van der Waals surface area contributed by atoms with Gasteiger partial charge in [-0.05, 0) is 0 Å². The molecule has 1 saturated heterocycles. The van der Waals surface area contributed by atoms with E-state index in [0.717, 1.165) is 6.92 Å². The molecule has 0 bridgehead atoms. The van der Waals surface area contributed by atoms with Gasteiger partial charge in [0.2, 0.25) is 11.9 Å². The Morgan fingerprint density at radius 1 is 1.60 bits per heavy atom. The van der Waals surface area contributed by atoms with E-state index < -0.39 is 42.6 Å². The molecule has 7 heteroatoms. The van der Waals surface area contributed by atoms with Gasteiger partial charge < -0.3 is 19.7 Å². The Morgan fingerprint density at radius 3 is 2.60 bits per heavy atom. The van der Waals surface area contributed by atoms with Gasteiger partial charge in [0.25, 0.3) is 0 Å². The molecule has 0 aromatic carbocycles. The number of hydrogen-bond donors (Lipinski definition) is 2. The number of ether oxygens (including phenoxy) is 2. The van der Waals surface area contributed by atoms with Crippen LogP contribution in [-0.2, 0) is 23.9 Å². The summed E-state index contributed by atoms with van der Waals surface area (Å²) in [6, 6.07) is 0. The summed E-state index contributed by atoms with van der Waals surface area (Å²) < 4.78 is 8.82. The number of carbonyl (C=O) groups is 3. The van der Waals surface area contributed by atoms with Gasteiger partial charge in [-0.15, -0.1) is 0 Å². The molecule has 3 atom stereocenters. The molecule has 0 spiro atoms. The summed E-state index contributed by atoms with van der Waals surface area (Å²) in [6.07, 6.45) is -4.78. The zero-order chi connectivity index (χ0) is 11.6. The lowest BCUT2D eigenvalue weighted by Gasteiger charge is -2.14. The van der Waals surface area contributed by atoms with E-state index >= 15 is 0 Å². The Morgan fingerprint density at radius 2 is 2.20 bits per heavy atom. The molecule has 0 aromatic rings. The Balaban J connectivity index is 2.54. The third kappa shape index (κ3) is 2.51. The molecule has 7 nitrogen and oxygen atoms in total. The number of Topliss-reactive ketones (excluding diaryl/α,β-unsaturated/α-hetero) is 1. The largest absolute Gasteiger partial charge is 0.463 e. The topological polar surface area (TPSA) is 110 Å². The second-order valence-electron chi connectivity index (χ2n) is 3.03. The predicted octanol–water partition coefficient (Wildman–Crippen LogP) is -2.23. The van der Waals surface area contributed by atoms with Gasteiger partial charge in [-0.2, -0.15) is 0 Å². The lowest BCUT2D eigenvalue weighted by molar-refractivity contribution is -0.155. The van der Waals surface area contributed by atoms with Crippen LogP contribution in [0.25, 0.3) is 0 Å². The Bertz CT molecular complexity index is 297. The van der Waals surface area contributed by atoms with Gasteiger partial charge in [0.15, 0.2) is 6.10 Å². The number of rotatable bonds is 3. The van der Waals surface area contributed by atoms with Crippen LogP contribution in [0.2, 0.25) is 0 Å². The highest BCUT2D eigenvalue weighted by Crippen LogP contribution is 2.14. The molecule has 0 radical (unpaired) electrons. The number of esters is 2. The standard InChI is InChI=1S/C8H10O7/c1-3(9)14-2-4(10)7-5(11)6(12)8(13)15-7/h4,6-7,10,12H,2H2,1H3. The number of carbonyl (C=O) groups excluding carboxylic acids is 3. The summed E-state index contributed by atoms with van der Waals surface area (Å²) in [5.74, 6) is -2.67. The average molecular weight is 218 g/mol. The van der Waals surface area contributed by atoms with E-state index in [1.807, 2.05) is 0 Å². The molecule has 15 heavy (non-hydrogen) atoms. The first-order chi connectivity index (χ1) is 6.93. The third-order valence-electron chi connectivity index (χ3n) is 1.82. The van der Waals surface area contributed by atoms with Crippen molar-refractivity contribution in [2.24, 2.45) is 0 Å². The maximum Gasteiger partial charge on any atom is 0.343 e. The van der Waals surface area contributed by atoms with Gasteiger partial charge in [0.05, 0.1) is 0 Å². The molecule has 0 aromatic heterocycles. The first kappa shape index (κ1) is 11.6. The van der Waals surface area contributed by atoms with Gasteiger partial charge in [0.1, 0.15) is 12.7 Å². The van der Waals surface area contributed by atoms with E-state index in [1.54, 1.807) is 0 Å². The van der Waals surface area contributed by atoms with Crippen LogP contribution < -0.4 is 0 Å². The van der Waals surface area contributed by atoms with Crippen molar-refractivity contribution in [3.8, 4) is 0 Å². The monoisotopic (exact) mass is 218 g/mol. The van der Waals surface area contributed by atoms with E-state index in [9.17, 15) is 19.5 Å². The molecular weight excluding hydrogens is 208 g/mol. The summed E-state index contributed by atoms with van der Waals surface area (Å²) in [5, 5.41) is 18.2. The molecular formula is C8H10O7. The number of aliphatic hydroxyl groups excluding tert-OH is 2. The van der Waals surface area contributed by atoms with Crippen LogP contribution >= 0.6 is 0 Å². The summed E-state index contributed by atoms with van der Waals surface area (Å²) in [5.41, 5.74) is 0. The van der Waals surface area contributed by atoms with Crippen LogP contribution in [0.15, 0.2) is 0 Å². The minimum Gasteiger partial charge on any atom is -0.463 e. The number of cyclic esters (lactones) is 1. The van der Waals surface area contributed by atoms with Gasteiger partial charge in [-0.3, -0.25) is 9.59 Å².